The topological polar surface area (TPSA) is 108 Å². The van der Waals surface area contributed by atoms with Crippen LogP contribution in [0.15, 0.2) is 60.7 Å². The highest BCUT2D eigenvalue weighted by molar-refractivity contribution is 6.06. The zero-order valence-electron chi connectivity index (χ0n) is 24.5. The molecular weight excluding hydrogens is 567 g/mol. The van der Waals surface area contributed by atoms with E-state index in [1.165, 1.54) is 17.0 Å². The molecule has 1 atom stereocenters. The van der Waals surface area contributed by atoms with Crippen molar-refractivity contribution in [2.24, 2.45) is 0 Å². The second-order valence-electron chi connectivity index (χ2n) is 11.1. The highest BCUT2D eigenvalue weighted by atomic mass is 19.1. The molecular formula is C33H33FN4O6. The van der Waals surface area contributed by atoms with Crippen LogP contribution in [0.3, 0.4) is 0 Å². The maximum atomic E-state index is 15.8. The summed E-state index contributed by atoms with van der Waals surface area (Å²) >= 11 is 0. The summed E-state index contributed by atoms with van der Waals surface area (Å²) in [5.74, 6) is -1.11. The second-order valence-corrected chi connectivity index (χ2v) is 11.1. The largest absolute Gasteiger partial charge is 0.497 e. The van der Waals surface area contributed by atoms with Crippen LogP contribution in [0.5, 0.6) is 11.5 Å². The van der Waals surface area contributed by atoms with Gasteiger partial charge in [-0.15, -0.1) is 0 Å². The van der Waals surface area contributed by atoms with E-state index in [0.717, 1.165) is 22.6 Å². The molecule has 0 aromatic heterocycles. The third-order valence-electron chi connectivity index (χ3n) is 8.71. The van der Waals surface area contributed by atoms with Crippen molar-refractivity contribution in [2.45, 2.75) is 31.5 Å². The number of benzene rings is 3. The fraction of sp³-hybridized carbons (Fsp3) is 0.333. The molecule has 0 spiro atoms. The normalized spacial score (nSPS) is 18.8. The molecule has 4 amide bonds. The van der Waals surface area contributed by atoms with Crippen LogP contribution in [-0.4, -0.2) is 84.8 Å². The zero-order chi connectivity index (χ0) is 31.0. The molecule has 6 rings (SSSR count). The van der Waals surface area contributed by atoms with Gasteiger partial charge in [0.05, 0.1) is 32.4 Å². The molecule has 0 radical (unpaired) electrons. The van der Waals surface area contributed by atoms with E-state index in [-0.39, 0.29) is 42.1 Å². The molecule has 1 N–H and O–H groups in total. The van der Waals surface area contributed by atoms with E-state index < -0.39 is 35.5 Å². The number of piperazine rings is 1. The van der Waals surface area contributed by atoms with Gasteiger partial charge < -0.3 is 19.3 Å². The standard InChI is InChI=1S/C33H33FN4O6/c1-43-22-7-3-20(4-8-22)30(21-5-9-23(44-2)10-6-21)36-15-17-37(18-16-36)32(41)25-12-11-24-26(29(25)34)19-38(33(24)42)27-13-14-28(39)35-31(27)40/h3-12,27,30H,13-19H2,1-2H3,(H,35,39,40). The van der Waals surface area contributed by atoms with Gasteiger partial charge in [0.15, 0.2) is 0 Å². The first kappa shape index (κ1) is 29.3. The van der Waals surface area contributed by atoms with Crippen molar-refractivity contribution in [3.05, 3.63) is 94.3 Å². The first-order valence-corrected chi connectivity index (χ1v) is 14.6. The number of carbonyl (C=O) groups excluding carboxylic acids is 4. The predicted octanol–water partition coefficient (Wildman–Crippen LogP) is 3.15. The minimum absolute atomic E-state index is 0.0786. The van der Waals surface area contributed by atoms with E-state index in [9.17, 15) is 19.2 Å². The molecule has 1 unspecified atom stereocenters. The molecule has 44 heavy (non-hydrogen) atoms. The molecule has 3 aromatic rings. The monoisotopic (exact) mass is 600 g/mol. The zero-order valence-corrected chi connectivity index (χ0v) is 24.5. The summed E-state index contributed by atoms with van der Waals surface area (Å²) in [5.41, 5.74) is 2.28. The number of halogens is 1. The van der Waals surface area contributed by atoms with E-state index in [1.807, 2.05) is 48.5 Å². The molecule has 10 nitrogen and oxygen atoms in total. The molecule has 3 heterocycles. The quantitative estimate of drug-likeness (QED) is 0.415. The number of fused-ring (bicyclic) bond motifs is 1. The molecule has 3 aliphatic rings. The lowest BCUT2D eigenvalue weighted by Gasteiger charge is -2.40. The van der Waals surface area contributed by atoms with Gasteiger partial charge in [0.25, 0.3) is 11.8 Å². The number of piperidine rings is 1. The molecule has 0 aliphatic carbocycles. The molecule has 3 aromatic carbocycles. The molecule has 0 saturated carbocycles. The number of imide groups is 1. The van der Waals surface area contributed by atoms with Crippen LogP contribution in [0.2, 0.25) is 0 Å². The van der Waals surface area contributed by atoms with Crippen LogP contribution in [0.25, 0.3) is 0 Å². The van der Waals surface area contributed by atoms with Gasteiger partial charge in [-0.1, -0.05) is 24.3 Å². The highest BCUT2D eigenvalue weighted by Crippen LogP contribution is 2.34. The van der Waals surface area contributed by atoms with Crippen molar-refractivity contribution in [1.82, 2.24) is 20.0 Å². The number of methoxy groups -OCH3 is 2. The Morgan fingerprint density at radius 3 is 2.00 bits per heavy atom. The number of hydrogen-bond donors (Lipinski definition) is 1. The van der Waals surface area contributed by atoms with Gasteiger partial charge >= 0.3 is 0 Å². The van der Waals surface area contributed by atoms with Gasteiger partial charge in [-0.25, -0.2) is 4.39 Å². The van der Waals surface area contributed by atoms with Gasteiger partial charge in [0, 0.05) is 43.7 Å². The minimum atomic E-state index is -0.858. The Hall–Kier alpha value is -4.77. The lowest BCUT2D eigenvalue weighted by atomic mass is 9.96. The van der Waals surface area contributed by atoms with E-state index in [1.54, 1.807) is 19.1 Å². The summed E-state index contributed by atoms with van der Waals surface area (Å²) < 4.78 is 26.5. The number of rotatable bonds is 7. The number of nitrogens with zero attached hydrogens (tertiary/aromatic N) is 3. The summed E-state index contributed by atoms with van der Waals surface area (Å²) in [6, 6.07) is 17.7. The smallest absolute Gasteiger partial charge is 0.256 e. The van der Waals surface area contributed by atoms with Crippen molar-refractivity contribution in [3.8, 4) is 11.5 Å². The Morgan fingerprint density at radius 2 is 1.45 bits per heavy atom. The van der Waals surface area contributed by atoms with Crippen molar-refractivity contribution >= 4 is 23.6 Å². The van der Waals surface area contributed by atoms with Gasteiger partial charge in [0.1, 0.15) is 23.4 Å². The SMILES string of the molecule is COc1ccc(C(c2ccc(OC)cc2)N2CCN(C(=O)c3ccc4c(c3F)CN(C3CCC(=O)NC3=O)C4=O)CC2)cc1. The molecule has 2 fully saturated rings. The van der Waals surface area contributed by atoms with E-state index in [0.29, 0.717) is 26.2 Å². The van der Waals surface area contributed by atoms with Crippen LogP contribution < -0.4 is 14.8 Å². The maximum absolute atomic E-state index is 15.8. The van der Waals surface area contributed by atoms with Gasteiger partial charge in [-0.2, -0.15) is 0 Å². The number of hydrogen-bond acceptors (Lipinski definition) is 7. The average Bonchev–Trinajstić information content (AvgIpc) is 3.38. The van der Waals surface area contributed by atoms with Crippen molar-refractivity contribution in [3.63, 3.8) is 0 Å². The Bertz CT molecular complexity index is 1550. The van der Waals surface area contributed by atoms with Crippen molar-refractivity contribution < 1.29 is 33.0 Å². The Balaban J connectivity index is 1.18. The van der Waals surface area contributed by atoms with Crippen LogP contribution >= 0.6 is 0 Å². The fourth-order valence-corrected chi connectivity index (χ4v) is 6.31. The molecule has 2 saturated heterocycles. The third kappa shape index (κ3) is 5.39. The number of carbonyl (C=O) groups is 4. The second kappa shape index (κ2) is 12.1. The van der Waals surface area contributed by atoms with Crippen LogP contribution in [0.4, 0.5) is 4.39 Å². The average molecular weight is 601 g/mol. The van der Waals surface area contributed by atoms with Gasteiger partial charge in [-0.05, 0) is 53.9 Å². The molecule has 3 aliphatic heterocycles. The van der Waals surface area contributed by atoms with E-state index in [2.05, 4.69) is 10.2 Å². The predicted molar refractivity (Wildman–Crippen MR) is 158 cm³/mol. The van der Waals surface area contributed by atoms with Crippen LogP contribution in [0, 0.1) is 5.82 Å². The number of nitrogens with one attached hydrogen (secondary N) is 1. The number of ether oxygens (including phenoxy) is 2. The molecule has 0 bridgehead atoms. The minimum Gasteiger partial charge on any atom is -0.497 e. The van der Waals surface area contributed by atoms with Crippen LogP contribution in [0.1, 0.15) is 56.3 Å². The Kier molecular flexibility index (Phi) is 8.05. The summed E-state index contributed by atoms with van der Waals surface area (Å²) in [4.78, 5) is 55.8. The lowest BCUT2D eigenvalue weighted by molar-refractivity contribution is -0.136. The van der Waals surface area contributed by atoms with E-state index >= 15 is 4.39 Å². The van der Waals surface area contributed by atoms with E-state index in [4.69, 9.17) is 9.47 Å². The summed E-state index contributed by atoms with van der Waals surface area (Å²) in [6.07, 6.45) is 0.280. The van der Waals surface area contributed by atoms with Crippen molar-refractivity contribution in [1.29, 1.82) is 0 Å². The summed E-state index contributed by atoms with van der Waals surface area (Å²) in [6.45, 7) is 1.76. The Labute approximate surface area is 254 Å². The first-order valence-electron chi connectivity index (χ1n) is 14.6. The molecule has 11 heteroatoms. The third-order valence-corrected chi connectivity index (χ3v) is 8.71. The summed E-state index contributed by atoms with van der Waals surface area (Å²) in [5, 5.41) is 2.24. The van der Waals surface area contributed by atoms with Crippen LogP contribution in [-0.2, 0) is 16.1 Å². The number of amides is 4. The lowest BCUT2D eigenvalue weighted by Crippen LogP contribution is -2.52. The van der Waals surface area contributed by atoms with Gasteiger partial charge in [-0.3, -0.25) is 29.4 Å². The maximum Gasteiger partial charge on any atom is 0.256 e. The first-order chi connectivity index (χ1) is 21.3. The Morgan fingerprint density at radius 1 is 0.864 bits per heavy atom. The van der Waals surface area contributed by atoms with Crippen molar-refractivity contribution in [2.75, 3.05) is 40.4 Å². The molecule has 228 valence electrons. The highest BCUT2D eigenvalue weighted by Gasteiger charge is 2.41. The van der Waals surface area contributed by atoms with Gasteiger partial charge in [0.2, 0.25) is 11.8 Å². The fourth-order valence-electron chi connectivity index (χ4n) is 6.31. The summed E-state index contributed by atoms with van der Waals surface area (Å²) in [7, 11) is 3.25.